The minimum Gasteiger partial charge on any atom is -0.399 e. The molecule has 0 aliphatic heterocycles. The van der Waals surface area contributed by atoms with E-state index in [1.54, 1.807) is 41.0 Å². The van der Waals surface area contributed by atoms with Gasteiger partial charge in [-0.25, -0.2) is 4.98 Å². The van der Waals surface area contributed by atoms with Gasteiger partial charge in [0.15, 0.2) is 5.78 Å². The number of hydrogen-bond donors (Lipinski definition) is 2. The first kappa shape index (κ1) is 17.7. The average molecular weight is 350 g/mol. The second-order valence-corrected chi connectivity index (χ2v) is 7.35. The summed E-state index contributed by atoms with van der Waals surface area (Å²) in [5.41, 5.74) is 8.39. The van der Waals surface area contributed by atoms with Gasteiger partial charge < -0.3 is 10.3 Å². The molecule has 3 N–H and O–H groups in total. The van der Waals surface area contributed by atoms with Gasteiger partial charge in [-0.05, 0) is 42.5 Å². The molecule has 0 aliphatic carbocycles. The number of carbonyl (C=O) groups is 2. The molecule has 0 spiro atoms. The summed E-state index contributed by atoms with van der Waals surface area (Å²) in [5, 5.41) is 2.80. The van der Waals surface area contributed by atoms with Gasteiger partial charge in [0, 0.05) is 29.3 Å². The number of amides is 1. The SMILES string of the molecule is Cn1c(NC(=O)c2ccc(N)cc2)nc2cc(C(=O)C(C)(C)C)ccc21. The van der Waals surface area contributed by atoms with E-state index in [1.165, 1.54) is 0 Å². The number of nitrogens with two attached hydrogens (primary N) is 1. The van der Waals surface area contributed by atoms with Crippen LogP contribution in [0.15, 0.2) is 42.5 Å². The van der Waals surface area contributed by atoms with Crippen molar-refractivity contribution in [2.45, 2.75) is 20.8 Å². The summed E-state index contributed by atoms with van der Waals surface area (Å²) in [6.07, 6.45) is 0. The zero-order valence-electron chi connectivity index (χ0n) is 15.3. The van der Waals surface area contributed by atoms with Crippen molar-refractivity contribution < 1.29 is 9.59 Å². The van der Waals surface area contributed by atoms with Gasteiger partial charge in [-0.2, -0.15) is 0 Å². The highest BCUT2D eigenvalue weighted by molar-refractivity contribution is 6.05. The monoisotopic (exact) mass is 350 g/mol. The van der Waals surface area contributed by atoms with Crippen LogP contribution in [-0.4, -0.2) is 21.2 Å². The Hall–Kier alpha value is -3.15. The third kappa shape index (κ3) is 3.31. The Balaban J connectivity index is 1.92. The highest BCUT2D eigenvalue weighted by Crippen LogP contribution is 2.25. The number of aromatic nitrogens is 2. The van der Waals surface area contributed by atoms with E-state index in [0.717, 1.165) is 5.52 Å². The van der Waals surface area contributed by atoms with Crippen molar-refractivity contribution in [2.24, 2.45) is 12.5 Å². The van der Waals surface area contributed by atoms with Gasteiger partial charge in [-0.15, -0.1) is 0 Å². The van der Waals surface area contributed by atoms with Crippen molar-refractivity contribution in [1.29, 1.82) is 0 Å². The molecule has 6 heteroatoms. The topological polar surface area (TPSA) is 90.0 Å². The maximum absolute atomic E-state index is 12.5. The van der Waals surface area contributed by atoms with E-state index in [4.69, 9.17) is 5.73 Å². The number of nitrogens with zero attached hydrogens (tertiary/aromatic N) is 2. The van der Waals surface area contributed by atoms with E-state index < -0.39 is 5.41 Å². The number of rotatable bonds is 3. The largest absolute Gasteiger partial charge is 0.399 e. The lowest BCUT2D eigenvalue weighted by molar-refractivity contribution is 0.0858. The van der Waals surface area contributed by atoms with Crippen molar-refractivity contribution in [1.82, 2.24) is 9.55 Å². The fourth-order valence-corrected chi connectivity index (χ4v) is 2.69. The van der Waals surface area contributed by atoms with E-state index in [9.17, 15) is 9.59 Å². The molecule has 0 saturated carbocycles. The molecule has 26 heavy (non-hydrogen) atoms. The van der Waals surface area contributed by atoms with Gasteiger partial charge >= 0.3 is 0 Å². The van der Waals surface area contributed by atoms with Gasteiger partial charge in [-0.1, -0.05) is 20.8 Å². The first-order valence-corrected chi connectivity index (χ1v) is 8.35. The van der Waals surface area contributed by atoms with E-state index in [-0.39, 0.29) is 11.7 Å². The molecule has 2 aromatic carbocycles. The molecule has 1 aromatic heterocycles. The van der Waals surface area contributed by atoms with Crippen LogP contribution in [0.25, 0.3) is 11.0 Å². The fraction of sp³-hybridized carbons (Fsp3) is 0.250. The van der Waals surface area contributed by atoms with Gasteiger partial charge in [0.1, 0.15) is 0 Å². The quantitative estimate of drug-likeness (QED) is 0.557. The Bertz CT molecular complexity index is 995. The van der Waals surface area contributed by atoms with E-state index >= 15 is 0 Å². The molecule has 3 rings (SSSR count). The minimum absolute atomic E-state index is 0.0533. The van der Waals surface area contributed by atoms with Crippen LogP contribution in [-0.2, 0) is 7.05 Å². The highest BCUT2D eigenvalue weighted by atomic mass is 16.2. The number of carbonyl (C=O) groups excluding carboxylic acids is 2. The molecule has 6 nitrogen and oxygen atoms in total. The molecule has 0 radical (unpaired) electrons. The van der Waals surface area contributed by atoms with Gasteiger partial charge in [0.25, 0.3) is 5.91 Å². The zero-order valence-corrected chi connectivity index (χ0v) is 15.3. The Morgan fingerprint density at radius 1 is 1.04 bits per heavy atom. The summed E-state index contributed by atoms with van der Waals surface area (Å²) in [4.78, 5) is 29.4. The molecule has 0 fully saturated rings. The summed E-state index contributed by atoms with van der Waals surface area (Å²) in [6.45, 7) is 5.66. The zero-order chi connectivity index (χ0) is 19.1. The maximum atomic E-state index is 12.5. The Labute approximate surface area is 152 Å². The van der Waals surface area contributed by atoms with Crippen molar-refractivity contribution >= 4 is 34.4 Å². The predicted octanol–water partition coefficient (Wildman–Crippen LogP) is 3.64. The van der Waals surface area contributed by atoms with Crippen LogP contribution in [0.1, 0.15) is 41.5 Å². The van der Waals surface area contributed by atoms with E-state index in [2.05, 4.69) is 10.3 Å². The molecular weight excluding hydrogens is 328 g/mol. The molecule has 134 valence electrons. The summed E-state index contributed by atoms with van der Waals surface area (Å²) < 4.78 is 1.79. The van der Waals surface area contributed by atoms with Crippen molar-refractivity contribution in [3.63, 3.8) is 0 Å². The maximum Gasteiger partial charge on any atom is 0.257 e. The fourth-order valence-electron chi connectivity index (χ4n) is 2.69. The molecule has 0 atom stereocenters. The lowest BCUT2D eigenvalue weighted by Gasteiger charge is -2.16. The number of benzene rings is 2. The average Bonchev–Trinajstić information content (AvgIpc) is 2.89. The number of fused-ring (bicyclic) bond motifs is 1. The highest BCUT2D eigenvalue weighted by Gasteiger charge is 2.23. The van der Waals surface area contributed by atoms with Crippen molar-refractivity contribution in [3.8, 4) is 0 Å². The summed E-state index contributed by atoms with van der Waals surface area (Å²) in [7, 11) is 1.82. The molecular formula is C20H22N4O2. The number of nitrogens with one attached hydrogen (secondary N) is 1. The molecule has 3 aromatic rings. The standard InChI is InChI=1S/C20H22N4O2/c1-20(2,3)17(25)13-7-10-16-15(11-13)22-19(24(16)4)23-18(26)12-5-8-14(21)9-6-12/h5-11H,21H2,1-4H3,(H,22,23,26). The number of ketones is 1. The lowest BCUT2D eigenvalue weighted by Crippen LogP contribution is -2.20. The molecule has 0 bridgehead atoms. The van der Waals surface area contributed by atoms with Gasteiger partial charge in [-0.3, -0.25) is 14.9 Å². The van der Waals surface area contributed by atoms with Crippen LogP contribution in [0, 0.1) is 5.41 Å². The van der Waals surface area contributed by atoms with Crippen LogP contribution < -0.4 is 11.1 Å². The third-order valence-corrected chi connectivity index (χ3v) is 4.22. The van der Waals surface area contributed by atoms with E-state index in [1.807, 2.05) is 33.9 Å². The number of anilines is 2. The molecule has 0 aliphatic rings. The summed E-state index contributed by atoms with van der Waals surface area (Å²) >= 11 is 0. The molecule has 0 saturated heterocycles. The van der Waals surface area contributed by atoms with Crippen molar-refractivity contribution in [3.05, 3.63) is 53.6 Å². The van der Waals surface area contributed by atoms with Crippen LogP contribution in [0.3, 0.4) is 0 Å². The number of Topliss-reactive ketones (excluding diaryl/α,β-unsaturated/α-hetero) is 1. The van der Waals surface area contributed by atoms with Crippen LogP contribution in [0.4, 0.5) is 11.6 Å². The number of nitrogen functional groups attached to an aromatic ring is 1. The lowest BCUT2D eigenvalue weighted by atomic mass is 9.86. The molecule has 0 unspecified atom stereocenters. The summed E-state index contributed by atoms with van der Waals surface area (Å²) in [5.74, 6) is 0.203. The smallest absolute Gasteiger partial charge is 0.257 e. The van der Waals surface area contributed by atoms with Crippen LogP contribution in [0.5, 0.6) is 0 Å². The predicted molar refractivity (Wildman–Crippen MR) is 103 cm³/mol. The molecule has 1 amide bonds. The molecule has 1 heterocycles. The third-order valence-electron chi connectivity index (χ3n) is 4.22. The second kappa shape index (κ2) is 6.29. The first-order valence-electron chi connectivity index (χ1n) is 8.35. The Kier molecular flexibility index (Phi) is 4.28. The number of hydrogen-bond acceptors (Lipinski definition) is 4. The van der Waals surface area contributed by atoms with Crippen molar-refractivity contribution in [2.75, 3.05) is 11.1 Å². The number of imidazole rings is 1. The Morgan fingerprint density at radius 3 is 2.27 bits per heavy atom. The minimum atomic E-state index is -0.464. The van der Waals surface area contributed by atoms with Gasteiger partial charge in [0.05, 0.1) is 11.0 Å². The Morgan fingerprint density at radius 2 is 1.65 bits per heavy atom. The van der Waals surface area contributed by atoms with E-state index in [0.29, 0.717) is 28.3 Å². The van der Waals surface area contributed by atoms with Crippen LogP contribution in [0.2, 0.25) is 0 Å². The van der Waals surface area contributed by atoms with Crippen LogP contribution >= 0.6 is 0 Å². The van der Waals surface area contributed by atoms with Gasteiger partial charge in [0.2, 0.25) is 5.95 Å². The second-order valence-electron chi connectivity index (χ2n) is 7.35. The number of aryl methyl sites for hydroxylation is 1. The normalized spacial score (nSPS) is 11.5. The summed E-state index contributed by atoms with van der Waals surface area (Å²) in [6, 6.07) is 12.1. The first-order chi connectivity index (χ1) is 12.2.